The maximum absolute atomic E-state index is 8.09. The van der Waals surface area contributed by atoms with Crippen LogP contribution in [0.1, 0.15) is 26.7 Å². The molecule has 0 aliphatic heterocycles. The second-order valence-electron chi connectivity index (χ2n) is 1.75. The monoisotopic (exact) mass is 102 g/mol. The van der Waals surface area contributed by atoms with Crippen molar-refractivity contribution in [3.8, 4) is 0 Å². The van der Waals surface area contributed by atoms with Crippen LogP contribution >= 0.6 is 0 Å². The zero-order chi connectivity index (χ0) is 5.70. The highest BCUT2D eigenvalue weighted by atomic mass is 16.5. The summed E-state index contributed by atoms with van der Waals surface area (Å²) in [6.45, 7) is 3.96. The van der Waals surface area contributed by atoms with E-state index >= 15 is 0 Å². The molecule has 1 radical (unpaired) electrons. The average molecular weight is 102 g/mol. The summed E-state index contributed by atoms with van der Waals surface area (Å²) in [5.41, 5.74) is 3.08. The maximum atomic E-state index is 8.09. The zero-order valence-electron chi connectivity index (χ0n) is 4.89. The van der Waals surface area contributed by atoms with E-state index in [4.69, 9.17) is 5.21 Å². The van der Waals surface area contributed by atoms with E-state index in [-0.39, 0.29) is 6.04 Å². The lowest BCUT2D eigenvalue weighted by Gasteiger charge is -2.00. The third kappa shape index (κ3) is 3.76. The fraction of sp³-hybridized carbons (Fsp3) is 1.00. The summed E-state index contributed by atoms with van der Waals surface area (Å²) in [6.07, 6.45) is 2.07. The number of hydroxylamine groups is 1. The van der Waals surface area contributed by atoms with Crippen molar-refractivity contribution in [2.45, 2.75) is 32.7 Å². The zero-order valence-corrected chi connectivity index (χ0v) is 4.89. The normalized spacial score (nSPS) is 14.1. The minimum atomic E-state index is 0.130. The summed E-state index contributed by atoms with van der Waals surface area (Å²) in [5, 5.41) is 8.09. The number of hydrogen-bond acceptors (Lipinski definition) is 1. The first-order valence-electron chi connectivity index (χ1n) is 2.65. The topological polar surface area (TPSA) is 34.3 Å². The van der Waals surface area contributed by atoms with Crippen molar-refractivity contribution >= 4 is 0 Å². The molecule has 1 unspecified atom stereocenters. The lowest BCUT2D eigenvalue weighted by molar-refractivity contribution is 0.118. The van der Waals surface area contributed by atoms with E-state index in [1.165, 1.54) is 0 Å². The smallest absolute Gasteiger partial charge is 0.0507 e. The van der Waals surface area contributed by atoms with Crippen molar-refractivity contribution in [3.05, 3.63) is 0 Å². The van der Waals surface area contributed by atoms with Crippen LogP contribution in [0.25, 0.3) is 0 Å². The lowest BCUT2D eigenvalue weighted by Crippen LogP contribution is -2.13. The van der Waals surface area contributed by atoms with Crippen molar-refractivity contribution in [2.24, 2.45) is 0 Å². The van der Waals surface area contributed by atoms with E-state index in [9.17, 15) is 0 Å². The molecular formula is C5H12NO. The van der Waals surface area contributed by atoms with E-state index in [0.29, 0.717) is 0 Å². The first kappa shape index (κ1) is 6.92. The fourth-order valence-corrected chi connectivity index (χ4v) is 0.476. The number of hydrogen-bond donors (Lipinski definition) is 1. The Kier molecular flexibility index (Phi) is 4.04. The van der Waals surface area contributed by atoms with Gasteiger partial charge in [0.25, 0.3) is 0 Å². The first-order chi connectivity index (χ1) is 3.31. The van der Waals surface area contributed by atoms with Gasteiger partial charge in [-0.15, -0.1) is 0 Å². The molecule has 1 N–H and O–H groups in total. The van der Waals surface area contributed by atoms with Gasteiger partial charge < -0.3 is 0 Å². The Morgan fingerprint density at radius 2 is 2.29 bits per heavy atom. The van der Waals surface area contributed by atoms with Gasteiger partial charge in [0.1, 0.15) is 0 Å². The Bertz CT molecular complexity index is 39.1. The minimum Gasteiger partial charge on any atom is -0.297 e. The molecule has 7 heavy (non-hydrogen) atoms. The van der Waals surface area contributed by atoms with Gasteiger partial charge in [-0.05, 0) is 13.3 Å². The van der Waals surface area contributed by atoms with Crippen LogP contribution in [-0.4, -0.2) is 11.2 Å². The summed E-state index contributed by atoms with van der Waals surface area (Å²) in [6, 6.07) is 0.130. The summed E-state index contributed by atoms with van der Waals surface area (Å²) in [7, 11) is 0. The van der Waals surface area contributed by atoms with Crippen molar-refractivity contribution in [1.29, 1.82) is 0 Å². The summed E-state index contributed by atoms with van der Waals surface area (Å²) in [4.78, 5) is 0. The molecule has 0 saturated carbocycles. The molecule has 0 aromatic heterocycles. The fourth-order valence-electron chi connectivity index (χ4n) is 0.476. The predicted octanol–water partition coefficient (Wildman–Crippen LogP) is 1.17. The van der Waals surface area contributed by atoms with Crippen molar-refractivity contribution in [2.75, 3.05) is 0 Å². The molecule has 0 rings (SSSR count). The molecule has 2 heteroatoms. The van der Waals surface area contributed by atoms with Gasteiger partial charge >= 0.3 is 0 Å². The second kappa shape index (κ2) is 4.09. The molecule has 43 valence electrons. The predicted molar refractivity (Wildman–Crippen MR) is 28.3 cm³/mol. The van der Waals surface area contributed by atoms with E-state index in [0.717, 1.165) is 12.8 Å². The Morgan fingerprint density at radius 1 is 1.71 bits per heavy atom. The van der Waals surface area contributed by atoms with Crippen molar-refractivity contribution < 1.29 is 5.21 Å². The van der Waals surface area contributed by atoms with Gasteiger partial charge in [0.2, 0.25) is 0 Å². The molecule has 0 bridgehead atoms. The molecule has 0 aromatic carbocycles. The van der Waals surface area contributed by atoms with E-state index in [2.05, 4.69) is 12.4 Å². The first-order valence-corrected chi connectivity index (χ1v) is 2.65. The minimum absolute atomic E-state index is 0.130. The van der Waals surface area contributed by atoms with E-state index in [1.807, 2.05) is 6.92 Å². The molecule has 0 amide bonds. The van der Waals surface area contributed by atoms with E-state index < -0.39 is 0 Å². The Labute approximate surface area is 44.5 Å². The summed E-state index contributed by atoms with van der Waals surface area (Å²) >= 11 is 0. The maximum Gasteiger partial charge on any atom is 0.0507 e. The highest BCUT2D eigenvalue weighted by molar-refractivity contribution is 4.49. The van der Waals surface area contributed by atoms with Gasteiger partial charge in [-0.25, -0.2) is 0 Å². The van der Waals surface area contributed by atoms with E-state index in [1.54, 1.807) is 0 Å². The molecule has 0 heterocycles. The van der Waals surface area contributed by atoms with Crippen molar-refractivity contribution in [3.63, 3.8) is 0 Å². The van der Waals surface area contributed by atoms with Gasteiger partial charge in [-0.1, -0.05) is 18.8 Å². The Morgan fingerprint density at radius 3 is 2.43 bits per heavy atom. The number of rotatable bonds is 3. The van der Waals surface area contributed by atoms with Gasteiger partial charge in [0.05, 0.1) is 6.04 Å². The largest absolute Gasteiger partial charge is 0.297 e. The molecule has 0 aliphatic rings. The van der Waals surface area contributed by atoms with Crippen LogP contribution in [0.4, 0.5) is 0 Å². The van der Waals surface area contributed by atoms with Gasteiger partial charge in [-0.3, -0.25) is 5.21 Å². The van der Waals surface area contributed by atoms with Crippen LogP contribution < -0.4 is 5.48 Å². The number of nitrogens with zero attached hydrogens (tertiary/aromatic N) is 1. The van der Waals surface area contributed by atoms with Crippen LogP contribution in [0.2, 0.25) is 0 Å². The highest BCUT2D eigenvalue weighted by Gasteiger charge is 1.95. The van der Waals surface area contributed by atoms with Crippen LogP contribution in [0.5, 0.6) is 0 Å². The Hall–Kier alpha value is -0.0800. The second-order valence-corrected chi connectivity index (χ2v) is 1.75. The quantitative estimate of drug-likeness (QED) is 0.533. The molecule has 0 aliphatic carbocycles. The standard InChI is InChI=1S/C5H12NO/c1-3-4-5(2)6-7/h5,7H,3-4H2,1-2H3. The third-order valence-electron chi connectivity index (χ3n) is 0.904. The molecule has 0 saturated heterocycles. The lowest BCUT2D eigenvalue weighted by atomic mass is 10.2. The molecule has 2 nitrogen and oxygen atoms in total. The third-order valence-corrected chi connectivity index (χ3v) is 0.904. The van der Waals surface area contributed by atoms with Gasteiger partial charge in [0, 0.05) is 0 Å². The average Bonchev–Trinajstić information content (AvgIpc) is 1.68. The summed E-state index contributed by atoms with van der Waals surface area (Å²) < 4.78 is 0. The van der Waals surface area contributed by atoms with Crippen LogP contribution in [0.15, 0.2) is 0 Å². The van der Waals surface area contributed by atoms with Crippen LogP contribution in [0.3, 0.4) is 0 Å². The van der Waals surface area contributed by atoms with Crippen LogP contribution in [0, 0.1) is 0 Å². The van der Waals surface area contributed by atoms with Crippen LogP contribution in [-0.2, 0) is 0 Å². The molecule has 0 fully saturated rings. The molecule has 1 atom stereocenters. The summed E-state index contributed by atoms with van der Waals surface area (Å²) in [5.74, 6) is 0. The SMILES string of the molecule is CCCC(C)[N]O. The molecule has 0 aromatic rings. The molecule has 0 spiro atoms. The van der Waals surface area contributed by atoms with Gasteiger partial charge in [0.15, 0.2) is 0 Å². The highest BCUT2D eigenvalue weighted by Crippen LogP contribution is 1.92. The van der Waals surface area contributed by atoms with Gasteiger partial charge in [-0.2, -0.15) is 0 Å². The molecular weight excluding hydrogens is 90.1 g/mol. The van der Waals surface area contributed by atoms with Crippen molar-refractivity contribution in [1.82, 2.24) is 5.48 Å². The Balaban J connectivity index is 2.83.